The summed E-state index contributed by atoms with van der Waals surface area (Å²) < 4.78 is 39.0. The number of likely N-dealkylation sites (N-methyl/N-ethyl adjacent to an activating group) is 2. The molecule has 1 aliphatic rings. The molecule has 0 saturated heterocycles. The summed E-state index contributed by atoms with van der Waals surface area (Å²) in [5, 5.41) is 4.05. The highest BCUT2D eigenvalue weighted by Gasteiger charge is 2.31. The molecular formula is C25H27F3N6O2S. The minimum atomic E-state index is -4.55. The summed E-state index contributed by atoms with van der Waals surface area (Å²) in [5.41, 5.74) is 3.37. The first kappa shape index (κ1) is 27.9. The minimum absolute atomic E-state index is 0.202. The van der Waals surface area contributed by atoms with E-state index in [4.69, 9.17) is 0 Å². The number of nitrogens with zero attached hydrogens (tertiary/aromatic N) is 4. The summed E-state index contributed by atoms with van der Waals surface area (Å²) in [6.45, 7) is 3.15. The van der Waals surface area contributed by atoms with E-state index >= 15 is 0 Å². The van der Waals surface area contributed by atoms with Crippen molar-refractivity contribution >= 4 is 29.5 Å². The van der Waals surface area contributed by atoms with Gasteiger partial charge in [-0.2, -0.15) is 13.2 Å². The molecule has 2 N–H and O–H groups in total. The van der Waals surface area contributed by atoms with Crippen LogP contribution in [0.1, 0.15) is 27.0 Å². The van der Waals surface area contributed by atoms with Crippen molar-refractivity contribution in [2.45, 2.75) is 13.1 Å². The Hall–Kier alpha value is -3.69. The summed E-state index contributed by atoms with van der Waals surface area (Å²) in [5.74, 6) is 5.61. The van der Waals surface area contributed by atoms with Crippen LogP contribution in [0.4, 0.5) is 23.8 Å². The number of carbonyl (C=O) groups excluding carboxylic acids is 2. The maximum atomic E-state index is 13.0. The van der Waals surface area contributed by atoms with Gasteiger partial charge in [-0.05, 0) is 50.8 Å². The number of nitrogens with one attached hydrogen (secondary N) is 2. The van der Waals surface area contributed by atoms with E-state index in [-0.39, 0.29) is 17.4 Å². The number of amides is 3. The number of hydrogen-bond donors (Lipinski definition) is 2. The molecule has 3 rings (SSSR count). The van der Waals surface area contributed by atoms with Gasteiger partial charge >= 0.3 is 12.2 Å². The fourth-order valence-electron chi connectivity index (χ4n) is 3.10. The first-order valence-corrected chi connectivity index (χ1v) is 12.2. The van der Waals surface area contributed by atoms with E-state index in [0.717, 1.165) is 30.4 Å². The molecule has 196 valence electrons. The second-order valence-corrected chi connectivity index (χ2v) is 9.55. The molecule has 3 amide bonds. The molecule has 1 aromatic heterocycles. The van der Waals surface area contributed by atoms with E-state index < -0.39 is 17.6 Å². The molecule has 1 aromatic carbocycles. The number of thioether (sulfide) groups is 1. The summed E-state index contributed by atoms with van der Waals surface area (Å²) in [7, 11) is 5.58. The van der Waals surface area contributed by atoms with Crippen molar-refractivity contribution in [1.29, 1.82) is 0 Å². The molecule has 0 radical (unpaired) electrons. The van der Waals surface area contributed by atoms with Gasteiger partial charge in [0.05, 0.1) is 21.9 Å². The number of aryl methyl sites for hydroxylation is 1. The largest absolute Gasteiger partial charge is 0.416 e. The van der Waals surface area contributed by atoms with Gasteiger partial charge in [-0.25, -0.2) is 15.2 Å². The van der Waals surface area contributed by atoms with Crippen LogP contribution in [0, 0.1) is 18.8 Å². The Kier molecular flexibility index (Phi) is 9.07. The number of benzene rings is 1. The van der Waals surface area contributed by atoms with E-state index in [9.17, 15) is 22.8 Å². The van der Waals surface area contributed by atoms with Crippen LogP contribution in [0.2, 0.25) is 0 Å². The maximum absolute atomic E-state index is 13.0. The lowest BCUT2D eigenvalue weighted by Gasteiger charge is -2.23. The van der Waals surface area contributed by atoms with Crippen LogP contribution >= 0.6 is 11.8 Å². The van der Waals surface area contributed by atoms with Crippen LogP contribution in [0.25, 0.3) is 0 Å². The number of rotatable bonds is 6. The highest BCUT2D eigenvalue weighted by molar-refractivity contribution is 8.03. The molecule has 0 atom stereocenters. The Morgan fingerprint density at radius 2 is 1.89 bits per heavy atom. The molecule has 0 spiro atoms. The van der Waals surface area contributed by atoms with Gasteiger partial charge in [0, 0.05) is 38.1 Å². The Labute approximate surface area is 217 Å². The topological polar surface area (TPSA) is 80.8 Å². The van der Waals surface area contributed by atoms with Gasteiger partial charge < -0.3 is 15.1 Å². The van der Waals surface area contributed by atoms with Gasteiger partial charge in [-0.3, -0.25) is 9.80 Å². The van der Waals surface area contributed by atoms with Crippen LogP contribution in [0.15, 0.2) is 47.6 Å². The van der Waals surface area contributed by atoms with E-state index in [1.807, 2.05) is 25.9 Å². The Morgan fingerprint density at radius 1 is 1.14 bits per heavy atom. The molecule has 12 heteroatoms. The summed E-state index contributed by atoms with van der Waals surface area (Å²) >= 11 is 1.42. The minimum Gasteiger partial charge on any atom is -0.325 e. The van der Waals surface area contributed by atoms with Crippen LogP contribution < -0.4 is 10.7 Å². The number of hydrogen-bond acceptors (Lipinski definition) is 6. The number of aromatic nitrogens is 1. The zero-order valence-corrected chi connectivity index (χ0v) is 21.6. The van der Waals surface area contributed by atoms with Crippen molar-refractivity contribution in [3.63, 3.8) is 0 Å². The molecular weight excluding hydrogens is 505 g/mol. The summed E-state index contributed by atoms with van der Waals surface area (Å²) in [6, 6.07) is 6.37. The lowest BCUT2D eigenvalue weighted by atomic mass is 10.0. The Balaban J connectivity index is 1.71. The maximum Gasteiger partial charge on any atom is 0.416 e. The van der Waals surface area contributed by atoms with Gasteiger partial charge in [0.1, 0.15) is 5.82 Å². The van der Waals surface area contributed by atoms with Gasteiger partial charge in [0.2, 0.25) is 0 Å². The number of alkyl halides is 3. The predicted octanol–water partition coefficient (Wildman–Crippen LogP) is 3.98. The van der Waals surface area contributed by atoms with Crippen LogP contribution in [-0.4, -0.2) is 71.8 Å². The second-order valence-electron chi connectivity index (χ2n) is 8.56. The summed E-state index contributed by atoms with van der Waals surface area (Å²) in [6.07, 6.45) is -1.86. The van der Waals surface area contributed by atoms with Gasteiger partial charge in [0.15, 0.2) is 0 Å². The molecule has 37 heavy (non-hydrogen) atoms. The molecule has 0 unspecified atom stereocenters. The Morgan fingerprint density at radius 3 is 2.59 bits per heavy atom. The van der Waals surface area contributed by atoms with E-state index in [1.54, 1.807) is 41.4 Å². The number of carbonyl (C=O) groups is 2. The van der Waals surface area contributed by atoms with Crippen LogP contribution in [0.3, 0.4) is 0 Å². The summed E-state index contributed by atoms with van der Waals surface area (Å²) in [4.78, 5) is 33.3. The number of halogens is 3. The molecule has 1 aliphatic heterocycles. The fraction of sp³-hybridized carbons (Fsp3) is 0.320. The van der Waals surface area contributed by atoms with Gasteiger partial charge in [-0.1, -0.05) is 29.7 Å². The quantitative estimate of drug-likeness (QED) is 0.548. The number of pyridine rings is 1. The number of hydrazine groups is 1. The van der Waals surface area contributed by atoms with Gasteiger partial charge in [-0.15, -0.1) is 0 Å². The van der Waals surface area contributed by atoms with E-state index in [2.05, 4.69) is 27.6 Å². The van der Waals surface area contributed by atoms with Crippen LogP contribution in [0.5, 0.6) is 0 Å². The zero-order valence-electron chi connectivity index (χ0n) is 20.8. The number of allylic oxidation sites excluding steroid dienone is 1. The second kappa shape index (κ2) is 12.0. The third-order valence-electron chi connectivity index (χ3n) is 5.17. The van der Waals surface area contributed by atoms with Crippen molar-refractivity contribution in [3.8, 4) is 11.8 Å². The van der Waals surface area contributed by atoms with E-state index in [1.165, 1.54) is 11.8 Å². The van der Waals surface area contributed by atoms with E-state index in [0.29, 0.717) is 22.9 Å². The van der Waals surface area contributed by atoms with Crippen molar-refractivity contribution in [3.05, 3.63) is 69.9 Å². The normalized spacial score (nSPS) is 13.1. The molecule has 2 heterocycles. The Bertz CT molecular complexity index is 1250. The first-order valence-electron chi connectivity index (χ1n) is 11.2. The molecule has 0 fully saturated rings. The monoisotopic (exact) mass is 532 g/mol. The predicted molar refractivity (Wildman–Crippen MR) is 137 cm³/mol. The first-order chi connectivity index (χ1) is 17.4. The van der Waals surface area contributed by atoms with Crippen molar-refractivity contribution in [2.75, 3.05) is 45.4 Å². The third kappa shape index (κ3) is 8.16. The zero-order chi connectivity index (χ0) is 27.2. The molecule has 0 bridgehead atoms. The average Bonchev–Trinajstić information content (AvgIpc) is 3.27. The SMILES string of the molecule is Cc1ccc(C(=O)Nc2cc(C(F)(F)F)ccn2)c(C#CC2=CN(NC(=O)N(C)CCN(C)C)CS2)c1. The number of urea groups is 1. The van der Waals surface area contributed by atoms with Gasteiger partial charge in [0.25, 0.3) is 5.91 Å². The van der Waals surface area contributed by atoms with Crippen molar-refractivity contribution in [2.24, 2.45) is 0 Å². The molecule has 0 aliphatic carbocycles. The highest BCUT2D eigenvalue weighted by atomic mass is 32.2. The van der Waals surface area contributed by atoms with Crippen molar-refractivity contribution < 1.29 is 22.8 Å². The molecule has 8 nitrogen and oxygen atoms in total. The van der Waals surface area contributed by atoms with Crippen molar-refractivity contribution in [1.82, 2.24) is 25.2 Å². The lowest BCUT2D eigenvalue weighted by Crippen LogP contribution is -2.46. The smallest absolute Gasteiger partial charge is 0.325 e. The fourth-order valence-corrected chi connectivity index (χ4v) is 3.84. The molecule has 2 aromatic rings. The highest BCUT2D eigenvalue weighted by Crippen LogP contribution is 2.30. The van der Waals surface area contributed by atoms with Crippen LogP contribution in [-0.2, 0) is 6.18 Å². The lowest BCUT2D eigenvalue weighted by molar-refractivity contribution is -0.137. The number of anilines is 1. The standard InChI is InChI=1S/C25H27F3N6O2S/c1-17-5-8-21(23(35)30-22-14-19(9-10-29-22)25(26,27)28)18(13-17)6-7-20-15-34(16-37-20)31-24(36)33(4)12-11-32(2)3/h5,8-10,13-15H,11-12,16H2,1-4H3,(H,31,36)(H,29,30,35). The average molecular weight is 533 g/mol. The molecule has 0 saturated carbocycles. The third-order valence-corrected chi connectivity index (χ3v) is 6.10.